The van der Waals surface area contributed by atoms with Gasteiger partial charge in [-0.3, -0.25) is 9.59 Å². The second-order valence-corrected chi connectivity index (χ2v) is 17.4. The summed E-state index contributed by atoms with van der Waals surface area (Å²) in [5.41, 5.74) is 1.36. The van der Waals surface area contributed by atoms with Crippen LogP contribution in [0, 0.1) is 17.8 Å². The van der Waals surface area contributed by atoms with E-state index in [9.17, 15) is 23.1 Å². The van der Waals surface area contributed by atoms with Crippen molar-refractivity contribution in [2.45, 2.75) is 74.7 Å². The molecule has 264 valence electrons. The number of nitrogens with zero attached hydrogens (tertiary/aromatic N) is 2. The molecule has 1 saturated heterocycles. The van der Waals surface area contributed by atoms with E-state index in [-0.39, 0.29) is 34.6 Å². The Balaban J connectivity index is 1.34. The molecule has 2 aromatic rings. The summed E-state index contributed by atoms with van der Waals surface area (Å²) in [7, 11) is -2.32. The van der Waals surface area contributed by atoms with Gasteiger partial charge in [0.15, 0.2) is 6.10 Å². The molecule has 2 N–H and O–H groups in total. The van der Waals surface area contributed by atoms with Crippen molar-refractivity contribution in [2.75, 3.05) is 44.8 Å². The van der Waals surface area contributed by atoms with Crippen LogP contribution in [0.25, 0.3) is 0 Å². The first-order valence-electron chi connectivity index (χ1n) is 17.4. The number of ether oxygens (including phenoxy) is 2. The molecule has 1 spiro atoms. The number of allylic oxidation sites excluding steroid dienone is 1. The molecular formula is C37H46ClN3O7S. The van der Waals surface area contributed by atoms with Crippen LogP contribution in [0.15, 0.2) is 48.6 Å². The van der Waals surface area contributed by atoms with Crippen LogP contribution < -0.4 is 14.4 Å². The van der Waals surface area contributed by atoms with Crippen LogP contribution in [-0.4, -0.2) is 87.1 Å². The fourth-order valence-corrected chi connectivity index (χ4v) is 10.1. The maximum Gasteiger partial charge on any atom is 0.264 e. The molecule has 2 fully saturated rings. The fourth-order valence-electron chi connectivity index (χ4n) is 8.61. The van der Waals surface area contributed by atoms with E-state index in [4.69, 9.17) is 21.1 Å². The molecule has 0 unspecified atom stereocenters. The standard InChI is InChI=1S/C37H46ClN3O7S/c1-23-6-4-15-37(44,33-35(43)40(3)16-17-47-33)30-11-8-27(30)20-41-21-36(14-5-7-25-18-28(38)10-12-29(25)36)22-48-32-13-9-26(19-31(32)41)34(42)39-49(45,46)24(23)2/h4,9-10,12-13,15,18-19,23-24,27,30,33,44H,5-8,11,14,16-17,20-22H2,1-3H3,(H,39,42)/t23-,24+,27-,30+,33-,36-,37-/m0/s1. The highest BCUT2D eigenvalue weighted by Crippen LogP contribution is 2.49. The average molecular weight is 712 g/mol. The topological polar surface area (TPSA) is 125 Å². The minimum Gasteiger partial charge on any atom is -0.490 e. The molecule has 7 rings (SSSR count). The van der Waals surface area contributed by atoms with Gasteiger partial charge in [0, 0.05) is 42.7 Å². The van der Waals surface area contributed by atoms with E-state index in [0.29, 0.717) is 62.1 Å². The van der Waals surface area contributed by atoms with Gasteiger partial charge in [-0.25, -0.2) is 13.1 Å². The second-order valence-electron chi connectivity index (χ2n) is 14.9. The summed E-state index contributed by atoms with van der Waals surface area (Å²) in [6.07, 6.45) is 7.05. The molecule has 0 radical (unpaired) electrons. The lowest BCUT2D eigenvalue weighted by Crippen LogP contribution is -2.63. The molecule has 2 aromatic carbocycles. The van der Waals surface area contributed by atoms with Gasteiger partial charge in [0.2, 0.25) is 10.0 Å². The number of carbonyl (C=O) groups is 2. The molecule has 10 nitrogen and oxygen atoms in total. The van der Waals surface area contributed by atoms with Crippen LogP contribution in [0.2, 0.25) is 5.02 Å². The van der Waals surface area contributed by atoms with Crippen molar-refractivity contribution in [2.24, 2.45) is 17.8 Å². The summed E-state index contributed by atoms with van der Waals surface area (Å²) in [6, 6.07) is 11.2. The lowest BCUT2D eigenvalue weighted by molar-refractivity contribution is -0.185. The van der Waals surface area contributed by atoms with E-state index in [1.807, 2.05) is 12.1 Å². The largest absolute Gasteiger partial charge is 0.490 e. The molecule has 49 heavy (non-hydrogen) atoms. The minimum atomic E-state index is -4.05. The van der Waals surface area contributed by atoms with Gasteiger partial charge in [0.25, 0.3) is 11.8 Å². The third-order valence-corrected chi connectivity index (χ3v) is 14.1. The first kappa shape index (κ1) is 34.3. The summed E-state index contributed by atoms with van der Waals surface area (Å²) in [4.78, 5) is 30.9. The number of likely N-dealkylation sites (N-methyl/N-ethyl adjacent to an activating group) is 1. The van der Waals surface area contributed by atoms with Crippen LogP contribution in [0.3, 0.4) is 0 Å². The molecule has 12 heteroatoms. The molecule has 2 aliphatic carbocycles. The molecule has 2 bridgehead atoms. The SMILES string of the molecule is C[C@@H]1[C@@H](C)CC=C[C@@](O)([C@H]2OCCN(C)C2=O)[C@@H]2CC[C@H]2CN2C[C@@]3(CCCc4cc(Cl)ccc43)COc3ccc(cc32)C(=O)NS1(=O)=O. The van der Waals surface area contributed by atoms with Crippen molar-refractivity contribution in [3.63, 3.8) is 0 Å². The number of amides is 2. The molecule has 5 aliphatic rings. The number of fused-ring (bicyclic) bond motifs is 4. The maximum absolute atomic E-state index is 13.5. The number of benzene rings is 2. The van der Waals surface area contributed by atoms with Gasteiger partial charge < -0.3 is 24.4 Å². The molecule has 2 amide bonds. The highest BCUT2D eigenvalue weighted by molar-refractivity contribution is 7.90. The number of sulfonamides is 1. The van der Waals surface area contributed by atoms with E-state index < -0.39 is 32.9 Å². The number of halogens is 1. The Labute approximate surface area is 293 Å². The van der Waals surface area contributed by atoms with Crippen molar-refractivity contribution in [3.8, 4) is 5.75 Å². The van der Waals surface area contributed by atoms with Crippen molar-refractivity contribution in [1.29, 1.82) is 0 Å². The van der Waals surface area contributed by atoms with E-state index in [0.717, 1.165) is 25.7 Å². The predicted molar refractivity (Wildman–Crippen MR) is 188 cm³/mol. The van der Waals surface area contributed by atoms with Crippen LogP contribution in [0.4, 0.5) is 5.69 Å². The van der Waals surface area contributed by atoms with Crippen LogP contribution in [-0.2, 0) is 31.4 Å². The van der Waals surface area contributed by atoms with Crippen molar-refractivity contribution in [3.05, 3.63) is 70.3 Å². The molecule has 1 saturated carbocycles. The van der Waals surface area contributed by atoms with E-state index >= 15 is 0 Å². The van der Waals surface area contributed by atoms with Gasteiger partial charge in [-0.05, 0) is 105 Å². The zero-order chi connectivity index (χ0) is 34.7. The third kappa shape index (κ3) is 6.15. The Morgan fingerprint density at radius 1 is 1.10 bits per heavy atom. The molecule has 7 atom stereocenters. The van der Waals surface area contributed by atoms with Gasteiger partial charge in [0.05, 0.1) is 24.2 Å². The second kappa shape index (κ2) is 12.9. The van der Waals surface area contributed by atoms with Crippen LogP contribution in [0.1, 0.15) is 67.4 Å². The highest BCUT2D eigenvalue weighted by Gasteiger charge is 2.55. The Kier molecular flexibility index (Phi) is 9.03. The van der Waals surface area contributed by atoms with E-state index in [1.165, 1.54) is 11.1 Å². The van der Waals surface area contributed by atoms with Gasteiger partial charge in [-0.2, -0.15) is 0 Å². The van der Waals surface area contributed by atoms with Gasteiger partial charge in [-0.15, -0.1) is 0 Å². The summed E-state index contributed by atoms with van der Waals surface area (Å²) in [5.74, 6) is -1.02. The Morgan fingerprint density at radius 2 is 1.92 bits per heavy atom. The van der Waals surface area contributed by atoms with Crippen LogP contribution >= 0.6 is 11.6 Å². The molecular weight excluding hydrogens is 666 g/mol. The van der Waals surface area contributed by atoms with E-state index in [2.05, 4.69) is 15.7 Å². The molecule has 3 heterocycles. The van der Waals surface area contributed by atoms with E-state index in [1.54, 1.807) is 56.1 Å². The summed E-state index contributed by atoms with van der Waals surface area (Å²) in [5, 5.41) is 12.4. The van der Waals surface area contributed by atoms with Crippen LogP contribution in [0.5, 0.6) is 5.75 Å². The first-order valence-corrected chi connectivity index (χ1v) is 19.4. The number of carbonyl (C=O) groups excluding carboxylic acids is 2. The number of rotatable bonds is 1. The lowest BCUT2D eigenvalue weighted by Gasteiger charge is -2.51. The number of hydrogen-bond donors (Lipinski definition) is 2. The normalized spacial score (nSPS) is 34.6. The van der Waals surface area contributed by atoms with Crippen molar-refractivity contribution in [1.82, 2.24) is 9.62 Å². The summed E-state index contributed by atoms with van der Waals surface area (Å²) in [6.45, 7) is 5.70. The number of aryl methyl sites for hydroxylation is 1. The quantitative estimate of drug-likeness (QED) is 0.416. The Hall–Kier alpha value is -3.12. The third-order valence-electron chi connectivity index (χ3n) is 11.9. The monoisotopic (exact) mass is 711 g/mol. The zero-order valence-electron chi connectivity index (χ0n) is 28.4. The Bertz CT molecular complexity index is 1780. The predicted octanol–water partition coefficient (Wildman–Crippen LogP) is 4.47. The number of anilines is 1. The Morgan fingerprint density at radius 3 is 2.69 bits per heavy atom. The molecule has 3 aliphatic heterocycles. The number of hydrogen-bond acceptors (Lipinski definition) is 8. The maximum atomic E-state index is 13.5. The lowest BCUT2D eigenvalue weighted by atomic mass is 9.62. The smallest absolute Gasteiger partial charge is 0.264 e. The number of nitrogens with one attached hydrogen (secondary N) is 1. The number of morpholine rings is 1. The fraction of sp³-hybridized carbons (Fsp3) is 0.568. The van der Waals surface area contributed by atoms with Crippen molar-refractivity contribution >= 4 is 39.1 Å². The van der Waals surface area contributed by atoms with Gasteiger partial charge in [0.1, 0.15) is 11.4 Å². The first-order chi connectivity index (χ1) is 23.3. The molecule has 0 aromatic heterocycles. The zero-order valence-corrected chi connectivity index (χ0v) is 29.9. The number of aliphatic hydroxyl groups is 1. The highest BCUT2D eigenvalue weighted by atomic mass is 35.5. The van der Waals surface area contributed by atoms with Gasteiger partial charge in [-0.1, -0.05) is 36.7 Å². The average Bonchev–Trinajstić information content (AvgIpc) is 3.20. The summed E-state index contributed by atoms with van der Waals surface area (Å²) < 4.78 is 41.8. The minimum absolute atomic E-state index is 0.00308. The summed E-state index contributed by atoms with van der Waals surface area (Å²) >= 11 is 6.44. The van der Waals surface area contributed by atoms with Gasteiger partial charge >= 0.3 is 0 Å². The van der Waals surface area contributed by atoms with Crippen molar-refractivity contribution < 1.29 is 32.6 Å².